The van der Waals surface area contributed by atoms with Crippen molar-refractivity contribution in [3.8, 4) is 0 Å². The summed E-state index contributed by atoms with van der Waals surface area (Å²) in [6.45, 7) is 2.08. The molecule has 0 bridgehead atoms. The summed E-state index contributed by atoms with van der Waals surface area (Å²) in [4.78, 5) is 0.922. The van der Waals surface area contributed by atoms with Crippen LogP contribution in [0.4, 0.5) is 5.69 Å². The van der Waals surface area contributed by atoms with Gasteiger partial charge in [0.1, 0.15) is 0 Å². The van der Waals surface area contributed by atoms with Crippen molar-refractivity contribution in [2.24, 2.45) is 0 Å². The van der Waals surface area contributed by atoms with Gasteiger partial charge in [-0.3, -0.25) is 0 Å². The lowest BCUT2D eigenvalue weighted by molar-refractivity contribution is -0.577. The van der Waals surface area contributed by atoms with E-state index < -0.39 is 0 Å². The van der Waals surface area contributed by atoms with E-state index in [2.05, 4.69) is 12.2 Å². The summed E-state index contributed by atoms with van der Waals surface area (Å²) in [5, 5.41) is 16.4. The monoisotopic (exact) mass is 400 g/mol. The fourth-order valence-electron chi connectivity index (χ4n) is 2.57. The Morgan fingerprint density at radius 1 is 1.12 bits per heavy atom. The number of halogens is 1. The molecular formula is C20H17ClN2OS2. The lowest BCUT2D eigenvalue weighted by Crippen LogP contribution is -2.39. The molecule has 0 aliphatic heterocycles. The van der Waals surface area contributed by atoms with E-state index >= 15 is 0 Å². The van der Waals surface area contributed by atoms with Crippen LogP contribution in [0.2, 0.25) is 4.34 Å². The van der Waals surface area contributed by atoms with E-state index in [1.165, 1.54) is 11.3 Å². The van der Waals surface area contributed by atoms with Crippen molar-refractivity contribution in [1.82, 2.24) is 0 Å². The van der Waals surface area contributed by atoms with Gasteiger partial charge in [0.15, 0.2) is 17.4 Å². The largest absolute Gasteiger partial charge is 0.867 e. The van der Waals surface area contributed by atoms with Crippen molar-refractivity contribution in [3.05, 3.63) is 81.8 Å². The van der Waals surface area contributed by atoms with Crippen molar-refractivity contribution in [3.63, 3.8) is 0 Å². The summed E-state index contributed by atoms with van der Waals surface area (Å²) in [5.41, 5.74) is 2.44. The molecule has 0 atom stereocenters. The topological polar surface area (TPSA) is 39.0 Å². The van der Waals surface area contributed by atoms with Gasteiger partial charge in [0.05, 0.1) is 4.34 Å². The Hall–Kier alpha value is -2.21. The van der Waals surface area contributed by atoms with Crippen LogP contribution < -0.4 is 15.0 Å². The second-order valence-corrected chi connectivity index (χ2v) is 7.65. The molecule has 3 aromatic rings. The van der Waals surface area contributed by atoms with Crippen LogP contribution in [0.5, 0.6) is 0 Å². The maximum atomic E-state index is 13.1. The Balaban J connectivity index is 2.05. The highest BCUT2D eigenvalue weighted by molar-refractivity contribution is 7.81. The zero-order chi connectivity index (χ0) is 18.5. The number of hydrogen-bond acceptors (Lipinski definition) is 3. The van der Waals surface area contributed by atoms with Crippen molar-refractivity contribution in [1.29, 1.82) is 0 Å². The van der Waals surface area contributed by atoms with Crippen LogP contribution in [0.15, 0.2) is 67.0 Å². The van der Waals surface area contributed by atoms with Crippen molar-refractivity contribution in [2.45, 2.75) is 13.3 Å². The number of aryl methyl sites for hydroxylation is 1. The predicted molar refractivity (Wildman–Crippen MR) is 111 cm³/mol. The molecule has 0 aliphatic carbocycles. The van der Waals surface area contributed by atoms with Crippen LogP contribution in [0, 0.1) is 0 Å². The van der Waals surface area contributed by atoms with E-state index in [0.717, 1.165) is 17.7 Å². The van der Waals surface area contributed by atoms with Gasteiger partial charge in [0.2, 0.25) is 5.70 Å². The van der Waals surface area contributed by atoms with Crippen LogP contribution in [-0.2, 0) is 6.42 Å². The summed E-state index contributed by atoms with van der Waals surface area (Å²) in [6.07, 6.45) is 4.48. The molecule has 0 unspecified atom stereocenters. The molecule has 1 N–H and O–H groups in total. The number of hydrogen-bond donors (Lipinski definition) is 1. The second-order valence-electron chi connectivity index (χ2n) is 5.53. The molecule has 6 heteroatoms. The highest BCUT2D eigenvalue weighted by Crippen LogP contribution is 2.27. The van der Waals surface area contributed by atoms with Gasteiger partial charge in [-0.2, -0.15) is 4.57 Å². The number of para-hydroxylation sites is 1. The number of rotatable bonds is 5. The van der Waals surface area contributed by atoms with Crippen molar-refractivity contribution >= 4 is 57.3 Å². The Labute approximate surface area is 167 Å². The number of pyridine rings is 1. The summed E-state index contributed by atoms with van der Waals surface area (Å²) in [5.74, 6) is -0.162. The van der Waals surface area contributed by atoms with Gasteiger partial charge in [-0.25, -0.2) is 0 Å². The summed E-state index contributed by atoms with van der Waals surface area (Å²) >= 11 is 12.9. The standard InChI is InChI=1S/C20H17ClN2OS2/c1-2-14-8-4-5-9-15(14)22-20(25)18(23-12-6-3-7-13-23)19(24)16-10-11-17(21)26-16/h3-13H,2H2,1H3,(H-,22,24,25). The minimum absolute atomic E-state index is 0.162. The van der Waals surface area contributed by atoms with Crippen LogP contribution in [0.25, 0.3) is 11.5 Å². The van der Waals surface area contributed by atoms with E-state index in [1.807, 2.05) is 54.9 Å². The molecule has 0 spiro atoms. The molecule has 3 nitrogen and oxygen atoms in total. The number of nitrogens with one attached hydrogen (secondary N) is 1. The lowest BCUT2D eigenvalue weighted by atomic mass is 10.1. The molecule has 2 aromatic heterocycles. The molecule has 0 amide bonds. The highest BCUT2D eigenvalue weighted by atomic mass is 35.5. The summed E-state index contributed by atoms with van der Waals surface area (Å²) in [7, 11) is 0. The molecule has 0 aliphatic rings. The summed E-state index contributed by atoms with van der Waals surface area (Å²) in [6, 6.07) is 17.0. The minimum Gasteiger partial charge on any atom is -0.867 e. The molecule has 132 valence electrons. The van der Waals surface area contributed by atoms with E-state index in [4.69, 9.17) is 23.8 Å². The predicted octanol–water partition coefficient (Wildman–Crippen LogP) is 4.38. The third-order valence-electron chi connectivity index (χ3n) is 3.85. The first-order valence-corrected chi connectivity index (χ1v) is 9.73. The Morgan fingerprint density at radius 3 is 2.50 bits per heavy atom. The SMILES string of the molecule is CCc1ccccc1NC(=S)C(=C([O-])c1ccc(Cl)s1)[n+]1ccccc1. The van der Waals surface area contributed by atoms with Gasteiger partial charge >= 0.3 is 0 Å². The fraction of sp³-hybridized carbons (Fsp3) is 0.100. The van der Waals surface area contributed by atoms with Gasteiger partial charge in [-0.15, -0.1) is 11.3 Å². The van der Waals surface area contributed by atoms with Gasteiger partial charge in [-0.05, 0) is 35.9 Å². The maximum Gasteiger partial charge on any atom is 0.239 e. The third-order valence-corrected chi connectivity index (χ3v) is 5.37. The average Bonchev–Trinajstić information content (AvgIpc) is 3.09. The van der Waals surface area contributed by atoms with Gasteiger partial charge < -0.3 is 10.4 Å². The number of thiocarbonyl (C=S) groups is 1. The highest BCUT2D eigenvalue weighted by Gasteiger charge is 2.19. The number of benzene rings is 1. The molecule has 0 saturated carbocycles. The average molecular weight is 401 g/mol. The Morgan fingerprint density at radius 2 is 1.85 bits per heavy atom. The van der Waals surface area contributed by atoms with Crippen molar-refractivity contribution in [2.75, 3.05) is 5.32 Å². The van der Waals surface area contributed by atoms with E-state index in [9.17, 15) is 5.11 Å². The van der Waals surface area contributed by atoms with Crippen LogP contribution in [0.1, 0.15) is 17.4 Å². The molecule has 0 saturated heterocycles. The minimum atomic E-state index is -0.162. The van der Waals surface area contributed by atoms with E-state index in [1.54, 1.807) is 16.7 Å². The molecule has 0 fully saturated rings. The zero-order valence-electron chi connectivity index (χ0n) is 14.1. The van der Waals surface area contributed by atoms with Crippen molar-refractivity contribution < 1.29 is 9.67 Å². The fourth-order valence-corrected chi connectivity index (χ4v) is 3.86. The van der Waals surface area contributed by atoms with Crippen LogP contribution in [-0.4, -0.2) is 4.99 Å². The molecule has 26 heavy (non-hydrogen) atoms. The molecular weight excluding hydrogens is 384 g/mol. The van der Waals surface area contributed by atoms with Gasteiger partial charge in [0, 0.05) is 22.7 Å². The zero-order valence-corrected chi connectivity index (χ0v) is 16.5. The quantitative estimate of drug-likeness (QED) is 0.299. The normalized spacial score (nSPS) is 11.8. The maximum absolute atomic E-state index is 13.1. The second kappa shape index (κ2) is 8.45. The van der Waals surface area contributed by atoms with Crippen LogP contribution >= 0.6 is 35.2 Å². The number of anilines is 1. The summed E-state index contributed by atoms with van der Waals surface area (Å²) < 4.78 is 2.31. The molecule has 0 radical (unpaired) electrons. The number of thiophene rings is 1. The van der Waals surface area contributed by atoms with Gasteiger partial charge in [0.25, 0.3) is 0 Å². The number of nitrogens with zero attached hydrogens (tertiary/aromatic N) is 1. The Bertz CT molecular complexity index is 951. The lowest BCUT2D eigenvalue weighted by Gasteiger charge is -2.16. The first-order valence-electron chi connectivity index (χ1n) is 8.13. The van der Waals surface area contributed by atoms with Crippen LogP contribution in [0.3, 0.4) is 0 Å². The molecule has 3 rings (SSSR count). The smallest absolute Gasteiger partial charge is 0.239 e. The van der Waals surface area contributed by atoms with E-state index in [-0.39, 0.29) is 5.76 Å². The third kappa shape index (κ3) is 4.12. The van der Waals surface area contributed by atoms with Gasteiger partial charge in [-0.1, -0.05) is 55.0 Å². The first-order chi connectivity index (χ1) is 12.6. The molecule has 2 heterocycles. The Kier molecular flexibility index (Phi) is 6.04. The van der Waals surface area contributed by atoms with E-state index in [0.29, 0.717) is 19.9 Å². The first kappa shape index (κ1) is 18.6. The molecule has 1 aromatic carbocycles. The number of aromatic nitrogens is 1.